The highest BCUT2D eigenvalue weighted by Gasteiger charge is 2.53. The Morgan fingerprint density at radius 1 is 1.18 bits per heavy atom. The number of ether oxygens (including phenoxy) is 1. The lowest BCUT2D eigenvalue weighted by molar-refractivity contribution is -0.133. The van der Waals surface area contributed by atoms with E-state index < -0.39 is 0 Å². The van der Waals surface area contributed by atoms with E-state index in [1.807, 2.05) is 58.6 Å². The molecule has 1 atom stereocenters. The first-order chi connectivity index (χ1) is 19.4. The number of piperidine rings is 1. The van der Waals surface area contributed by atoms with Gasteiger partial charge in [0.15, 0.2) is 0 Å². The minimum atomic E-state index is -0.251. The summed E-state index contributed by atoms with van der Waals surface area (Å²) in [5.41, 5.74) is 3.53. The van der Waals surface area contributed by atoms with Gasteiger partial charge in [-0.2, -0.15) is 5.10 Å². The Bertz CT molecular complexity index is 1490. The Hall–Kier alpha value is -4.05. The van der Waals surface area contributed by atoms with Gasteiger partial charge in [-0.3, -0.25) is 19.6 Å². The summed E-state index contributed by atoms with van der Waals surface area (Å²) in [7, 11) is 1.65. The fourth-order valence-electron chi connectivity index (χ4n) is 6.08. The zero-order chi connectivity index (χ0) is 27.7. The first-order valence-corrected chi connectivity index (χ1v) is 14.4. The van der Waals surface area contributed by atoms with Gasteiger partial charge in [-0.25, -0.2) is 9.97 Å². The molecule has 0 bridgehead atoms. The van der Waals surface area contributed by atoms with Gasteiger partial charge in [0, 0.05) is 53.9 Å². The highest BCUT2D eigenvalue weighted by Crippen LogP contribution is 2.48. The summed E-state index contributed by atoms with van der Waals surface area (Å²) in [5.74, 6) is 1.41. The number of carbonyl (C=O) groups excluding carboxylic acids is 2. The van der Waals surface area contributed by atoms with Crippen molar-refractivity contribution in [3.05, 3.63) is 76.6 Å². The van der Waals surface area contributed by atoms with Crippen LogP contribution >= 0.6 is 11.3 Å². The van der Waals surface area contributed by atoms with Crippen LogP contribution in [0.15, 0.2) is 60.4 Å². The highest BCUT2D eigenvalue weighted by molar-refractivity contribution is 7.09. The molecule has 4 aromatic rings. The fraction of sp³-hybridized carbons (Fsp3) is 0.367. The third-order valence-electron chi connectivity index (χ3n) is 8.32. The molecule has 9 nitrogen and oxygen atoms in total. The van der Waals surface area contributed by atoms with E-state index in [-0.39, 0.29) is 23.1 Å². The molecule has 1 aromatic carbocycles. The summed E-state index contributed by atoms with van der Waals surface area (Å²) in [6, 6.07) is 11.8. The minimum Gasteiger partial charge on any atom is -0.497 e. The third kappa shape index (κ3) is 5.11. The number of anilines is 1. The van der Waals surface area contributed by atoms with Crippen LogP contribution in [0, 0.1) is 18.3 Å². The summed E-state index contributed by atoms with van der Waals surface area (Å²) in [5, 5.41) is 9.77. The molecule has 2 fully saturated rings. The Morgan fingerprint density at radius 2 is 2.02 bits per heavy atom. The second kappa shape index (κ2) is 10.8. The van der Waals surface area contributed by atoms with Crippen molar-refractivity contribution < 1.29 is 14.3 Å². The van der Waals surface area contributed by atoms with Crippen LogP contribution in [0.3, 0.4) is 0 Å². The number of hydrogen-bond donors (Lipinski definition) is 1. The van der Waals surface area contributed by atoms with Gasteiger partial charge in [0.25, 0.3) is 0 Å². The van der Waals surface area contributed by atoms with Crippen LogP contribution in [0.1, 0.15) is 29.1 Å². The maximum Gasteiger partial charge on any atom is 0.232 e. The number of nitrogens with zero attached hydrogens (tertiary/aromatic N) is 5. The largest absolute Gasteiger partial charge is 0.497 e. The molecule has 206 valence electrons. The lowest BCUT2D eigenvalue weighted by Crippen LogP contribution is -2.47. The van der Waals surface area contributed by atoms with Gasteiger partial charge in [0.05, 0.1) is 36.3 Å². The van der Waals surface area contributed by atoms with Crippen LogP contribution in [0.2, 0.25) is 0 Å². The predicted octanol–water partition coefficient (Wildman–Crippen LogP) is 4.30. The van der Waals surface area contributed by atoms with E-state index in [9.17, 15) is 9.59 Å². The summed E-state index contributed by atoms with van der Waals surface area (Å²) in [4.78, 5) is 40.1. The predicted molar refractivity (Wildman–Crippen MR) is 153 cm³/mol. The summed E-state index contributed by atoms with van der Waals surface area (Å²) in [6.45, 7) is 3.80. The van der Waals surface area contributed by atoms with E-state index in [2.05, 4.69) is 26.2 Å². The maximum absolute atomic E-state index is 14.1. The number of methoxy groups -OCH3 is 1. The molecule has 2 saturated heterocycles. The number of thiazole rings is 1. The molecule has 2 aliphatic rings. The zero-order valence-corrected chi connectivity index (χ0v) is 23.5. The minimum absolute atomic E-state index is 0.0871. The van der Waals surface area contributed by atoms with Crippen LogP contribution in [-0.4, -0.2) is 63.6 Å². The number of hydrogen-bond acceptors (Lipinski definition) is 7. The van der Waals surface area contributed by atoms with Gasteiger partial charge in [-0.1, -0.05) is 12.1 Å². The molecule has 5 heterocycles. The molecule has 1 N–H and O–H groups in total. The molecule has 6 rings (SSSR count). The van der Waals surface area contributed by atoms with Crippen LogP contribution < -0.4 is 9.64 Å². The van der Waals surface area contributed by atoms with Crippen molar-refractivity contribution in [1.29, 1.82) is 0 Å². The molecule has 1 unspecified atom stereocenters. The quantitative estimate of drug-likeness (QED) is 0.364. The lowest BCUT2D eigenvalue weighted by atomic mass is 9.68. The number of pyridine rings is 1. The van der Waals surface area contributed by atoms with E-state index in [0.29, 0.717) is 38.3 Å². The average Bonchev–Trinajstić information content (AvgIpc) is 3.72. The second-order valence-corrected chi connectivity index (χ2v) is 11.8. The van der Waals surface area contributed by atoms with Crippen LogP contribution in [0.25, 0.3) is 11.1 Å². The smallest absolute Gasteiger partial charge is 0.232 e. The van der Waals surface area contributed by atoms with Crippen molar-refractivity contribution in [3.8, 4) is 16.9 Å². The number of H-pyrrole nitrogens is 1. The molecule has 0 saturated carbocycles. The number of likely N-dealkylation sites (tertiary alicyclic amines) is 1. The van der Waals surface area contributed by atoms with Gasteiger partial charge >= 0.3 is 0 Å². The SMILES string of the molecule is COc1cccc(CC2C(=O)N(c3ccc(-c4cn[nH]c4)cn3)CC23CCN(C(=O)Cc2csc(C)n2)CC3)c1. The number of nitrogens with one attached hydrogen (secondary N) is 1. The normalized spacial score (nSPS) is 18.4. The number of aromatic nitrogens is 4. The van der Waals surface area contributed by atoms with Crippen molar-refractivity contribution in [2.24, 2.45) is 11.3 Å². The Kier molecular flexibility index (Phi) is 7.10. The molecular formula is C30H32N6O3S. The molecular weight excluding hydrogens is 524 g/mol. The van der Waals surface area contributed by atoms with Gasteiger partial charge in [-0.15, -0.1) is 11.3 Å². The number of benzene rings is 1. The summed E-state index contributed by atoms with van der Waals surface area (Å²) in [6.07, 6.45) is 7.83. The van der Waals surface area contributed by atoms with Crippen molar-refractivity contribution in [2.75, 3.05) is 31.6 Å². The molecule has 3 aromatic heterocycles. The van der Waals surface area contributed by atoms with E-state index in [4.69, 9.17) is 4.74 Å². The first-order valence-electron chi connectivity index (χ1n) is 13.5. The van der Waals surface area contributed by atoms with Crippen molar-refractivity contribution in [3.63, 3.8) is 0 Å². The number of aryl methyl sites for hydroxylation is 1. The summed E-state index contributed by atoms with van der Waals surface area (Å²) < 4.78 is 5.45. The molecule has 2 amide bonds. The number of carbonyl (C=O) groups is 2. The Labute approximate surface area is 237 Å². The molecule has 2 aliphatic heterocycles. The number of aromatic amines is 1. The van der Waals surface area contributed by atoms with E-state index >= 15 is 0 Å². The Morgan fingerprint density at radius 3 is 2.70 bits per heavy atom. The second-order valence-electron chi connectivity index (χ2n) is 10.7. The van der Waals surface area contributed by atoms with Crippen molar-refractivity contribution in [2.45, 2.75) is 32.6 Å². The number of amides is 2. The molecule has 0 radical (unpaired) electrons. The van der Waals surface area contributed by atoms with Gasteiger partial charge in [0.1, 0.15) is 11.6 Å². The van der Waals surface area contributed by atoms with Crippen LogP contribution in [0.5, 0.6) is 5.75 Å². The van der Waals surface area contributed by atoms with Crippen LogP contribution in [-0.2, 0) is 22.4 Å². The zero-order valence-electron chi connectivity index (χ0n) is 22.7. The van der Waals surface area contributed by atoms with E-state index in [0.717, 1.165) is 46.0 Å². The topological polar surface area (TPSA) is 104 Å². The molecule has 40 heavy (non-hydrogen) atoms. The van der Waals surface area contributed by atoms with Crippen molar-refractivity contribution >= 4 is 29.0 Å². The van der Waals surface area contributed by atoms with E-state index in [1.54, 1.807) is 30.8 Å². The molecule has 0 aliphatic carbocycles. The maximum atomic E-state index is 14.1. The van der Waals surface area contributed by atoms with Crippen molar-refractivity contribution in [1.82, 2.24) is 25.1 Å². The molecule has 1 spiro atoms. The van der Waals surface area contributed by atoms with Crippen LogP contribution in [0.4, 0.5) is 5.82 Å². The highest BCUT2D eigenvalue weighted by atomic mass is 32.1. The standard InChI is InChI=1S/C30H32N6O3S/c1-20-34-24(18-40-20)14-28(37)35-10-8-30(9-11-35)19-36(27-7-6-22(15-31-27)23-16-32-33-17-23)29(38)26(30)13-21-4-3-5-25(12-21)39-2/h3-7,12,15-18,26H,8-11,13-14,19H2,1-2H3,(H,32,33). The molecule has 10 heteroatoms. The first kappa shape index (κ1) is 26.2. The fourth-order valence-corrected chi connectivity index (χ4v) is 6.69. The monoisotopic (exact) mass is 556 g/mol. The Balaban J connectivity index is 1.24. The lowest BCUT2D eigenvalue weighted by Gasteiger charge is -2.42. The van der Waals surface area contributed by atoms with E-state index in [1.165, 1.54) is 0 Å². The van der Waals surface area contributed by atoms with Gasteiger partial charge in [0.2, 0.25) is 11.8 Å². The summed E-state index contributed by atoms with van der Waals surface area (Å²) >= 11 is 1.57. The third-order valence-corrected chi connectivity index (χ3v) is 9.14. The average molecular weight is 557 g/mol. The number of rotatable bonds is 7. The van der Waals surface area contributed by atoms with Gasteiger partial charge in [-0.05, 0) is 56.0 Å². The van der Waals surface area contributed by atoms with Gasteiger partial charge < -0.3 is 9.64 Å².